The lowest BCUT2D eigenvalue weighted by atomic mass is 10.1. The van der Waals surface area contributed by atoms with Gasteiger partial charge >= 0.3 is 0 Å². The first kappa shape index (κ1) is 26.7. The Labute approximate surface area is 190 Å². The molecule has 1 aromatic rings. The summed E-state index contributed by atoms with van der Waals surface area (Å²) in [5.74, 6) is 0.754. The fraction of sp³-hybridized carbons (Fsp3) is 0.500. The minimum Gasteiger partial charge on any atom is -0.541 e. The lowest BCUT2D eigenvalue weighted by Gasteiger charge is -2.39. The largest absolute Gasteiger partial charge is 0.541 e. The number of amides is 1. The van der Waals surface area contributed by atoms with Gasteiger partial charge in [-0.1, -0.05) is 59.8 Å². The van der Waals surface area contributed by atoms with Gasteiger partial charge in [0, 0.05) is 0 Å². The van der Waals surface area contributed by atoms with E-state index >= 15 is 0 Å². The smallest absolute Gasteiger partial charge is 0.259 e. The fourth-order valence-corrected chi connectivity index (χ4v) is 4.12. The molecule has 0 radical (unpaired) electrons. The molecule has 5 nitrogen and oxygen atoms in total. The van der Waals surface area contributed by atoms with Gasteiger partial charge in [-0.3, -0.25) is 4.79 Å². The molecule has 0 fully saturated rings. The first-order chi connectivity index (χ1) is 13.9. The molecule has 1 aromatic carbocycles. The van der Waals surface area contributed by atoms with Gasteiger partial charge in [-0.25, -0.2) is 0 Å². The molecule has 0 atom stereocenters. The molecule has 0 bridgehead atoms. The average Bonchev–Trinajstić information content (AvgIpc) is 2.58. The Balaban J connectivity index is 3.43. The van der Waals surface area contributed by atoms with E-state index in [-0.39, 0.29) is 15.6 Å². The summed E-state index contributed by atoms with van der Waals surface area (Å²) >= 11 is 0. The van der Waals surface area contributed by atoms with Crippen molar-refractivity contribution in [2.24, 2.45) is 5.73 Å². The molecule has 2 N–H and O–H groups in total. The summed E-state index contributed by atoms with van der Waals surface area (Å²) in [6, 6.07) is 7.65. The number of carbonyl (C=O) groups is 1. The maximum atomic E-state index is 11.2. The molecule has 0 spiro atoms. The second-order valence-corrected chi connectivity index (χ2v) is 20.3. The van der Waals surface area contributed by atoms with Crippen LogP contribution in [-0.4, -0.2) is 22.5 Å². The summed E-state index contributed by atoms with van der Waals surface area (Å²) < 4.78 is 13.2. The number of nitriles is 1. The van der Waals surface area contributed by atoms with Crippen molar-refractivity contribution in [2.75, 3.05) is 0 Å². The van der Waals surface area contributed by atoms with Crippen LogP contribution in [0.5, 0.6) is 11.5 Å². The maximum Gasteiger partial charge on any atom is 0.259 e. The number of carbonyl (C=O) groups excluding carboxylic acids is 1. The van der Waals surface area contributed by atoms with E-state index in [0.717, 1.165) is 17.1 Å². The van der Waals surface area contributed by atoms with Crippen LogP contribution in [0.1, 0.15) is 47.1 Å². The molecule has 7 heteroatoms. The van der Waals surface area contributed by atoms with E-state index < -0.39 is 22.5 Å². The molecule has 0 aliphatic carbocycles. The van der Waals surface area contributed by atoms with Crippen LogP contribution in [0.3, 0.4) is 0 Å². The number of rotatable bonds is 7. The SMILES string of the molecule is CC(C)(C)[Si](C)(C)Oc1ccc(C=CC=C(C#N)C(N)=O)cc1O[Si](C)(C)C(C)(C)C. The average molecular weight is 459 g/mol. The third-order valence-corrected chi connectivity index (χ3v) is 14.9. The molecule has 0 aliphatic heterocycles. The quantitative estimate of drug-likeness (QED) is 0.221. The van der Waals surface area contributed by atoms with Crippen LogP contribution >= 0.6 is 0 Å². The summed E-state index contributed by atoms with van der Waals surface area (Å²) in [6.45, 7) is 22.1. The highest BCUT2D eigenvalue weighted by Crippen LogP contribution is 2.43. The zero-order valence-electron chi connectivity index (χ0n) is 20.7. The molecule has 0 saturated heterocycles. The minimum atomic E-state index is -2.10. The first-order valence-corrected chi connectivity index (χ1v) is 16.3. The van der Waals surface area contributed by atoms with Gasteiger partial charge in [0.15, 0.2) is 0 Å². The van der Waals surface area contributed by atoms with E-state index in [0.29, 0.717) is 0 Å². The normalized spacial score (nSPS) is 13.8. The molecule has 1 rings (SSSR count). The number of allylic oxidation sites excluding steroid dienone is 2. The number of nitrogens with two attached hydrogens (primary N) is 1. The van der Waals surface area contributed by atoms with Crippen LogP contribution in [-0.2, 0) is 4.79 Å². The number of benzene rings is 1. The predicted octanol–water partition coefficient (Wildman–Crippen LogP) is 6.40. The van der Waals surface area contributed by atoms with Gasteiger partial charge in [0.25, 0.3) is 22.5 Å². The van der Waals surface area contributed by atoms with E-state index in [1.807, 2.05) is 24.3 Å². The van der Waals surface area contributed by atoms with Crippen LogP contribution in [0.2, 0.25) is 36.3 Å². The van der Waals surface area contributed by atoms with Crippen molar-refractivity contribution in [1.82, 2.24) is 0 Å². The summed E-state index contributed by atoms with van der Waals surface area (Å²) in [4.78, 5) is 11.2. The zero-order valence-corrected chi connectivity index (χ0v) is 22.7. The molecular weight excluding hydrogens is 420 g/mol. The zero-order chi connectivity index (χ0) is 24.3. The molecule has 0 aromatic heterocycles. The fourth-order valence-electron chi connectivity index (χ4n) is 2.08. The summed E-state index contributed by atoms with van der Waals surface area (Å²) in [5.41, 5.74) is 5.98. The van der Waals surface area contributed by atoms with E-state index in [9.17, 15) is 4.79 Å². The van der Waals surface area contributed by atoms with Gasteiger partial charge in [-0.05, 0) is 60.0 Å². The summed E-state index contributed by atoms with van der Waals surface area (Å²) in [5, 5.41) is 9.07. The molecule has 31 heavy (non-hydrogen) atoms. The summed E-state index contributed by atoms with van der Waals surface area (Å²) in [7, 11) is -4.15. The van der Waals surface area contributed by atoms with E-state index in [2.05, 4.69) is 67.7 Å². The van der Waals surface area contributed by atoms with Crippen LogP contribution in [0.4, 0.5) is 0 Å². The van der Waals surface area contributed by atoms with Crippen molar-refractivity contribution in [1.29, 1.82) is 5.26 Å². The van der Waals surface area contributed by atoms with Crippen LogP contribution in [0, 0.1) is 11.3 Å². The molecule has 0 aliphatic rings. The minimum absolute atomic E-state index is 0.0407. The van der Waals surface area contributed by atoms with Crippen molar-refractivity contribution in [3.63, 3.8) is 0 Å². The lowest BCUT2D eigenvalue weighted by molar-refractivity contribution is -0.114. The Bertz CT molecular complexity index is 912. The Morgan fingerprint density at radius 3 is 1.87 bits per heavy atom. The van der Waals surface area contributed by atoms with E-state index in [4.69, 9.17) is 19.8 Å². The van der Waals surface area contributed by atoms with Crippen LogP contribution in [0.25, 0.3) is 6.08 Å². The Morgan fingerprint density at radius 2 is 1.45 bits per heavy atom. The van der Waals surface area contributed by atoms with Gasteiger partial charge < -0.3 is 14.6 Å². The molecule has 0 saturated carbocycles. The first-order valence-electron chi connectivity index (χ1n) is 10.5. The van der Waals surface area contributed by atoms with Crippen LogP contribution < -0.4 is 14.6 Å². The number of nitrogens with zero attached hydrogens (tertiary/aromatic N) is 1. The maximum absolute atomic E-state index is 11.2. The van der Waals surface area contributed by atoms with Crippen molar-refractivity contribution in [3.05, 3.63) is 41.5 Å². The Kier molecular flexibility index (Phi) is 8.15. The summed E-state index contributed by atoms with van der Waals surface area (Å²) in [6.07, 6.45) is 4.87. The van der Waals surface area contributed by atoms with Crippen molar-refractivity contribution < 1.29 is 13.6 Å². The predicted molar refractivity (Wildman–Crippen MR) is 134 cm³/mol. The standard InChI is InChI=1S/C24H38N2O3Si2/c1-23(2,3)30(7,8)28-20-15-14-18(12-11-13-19(17-25)22(26)27)16-21(20)29-31(9,10)24(4,5)6/h11-16H,1-10H3,(H2,26,27). The molecule has 170 valence electrons. The van der Waals surface area contributed by atoms with E-state index in [1.54, 1.807) is 12.1 Å². The monoisotopic (exact) mass is 458 g/mol. The third kappa shape index (κ3) is 7.11. The van der Waals surface area contributed by atoms with Crippen molar-refractivity contribution in [3.8, 4) is 17.6 Å². The topological polar surface area (TPSA) is 85.3 Å². The second kappa shape index (κ2) is 9.45. The lowest BCUT2D eigenvalue weighted by Crippen LogP contribution is -2.45. The number of primary amides is 1. The van der Waals surface area contributed by atoms with E-state index in [1.165, 1.54) is 6.08 Å². The number of hydrogen-bond donors (Lipinski definition) is 1. The van der Waals surface area contributed by atoms with Gasteiger partial charge in [-0.15, -0.1) is 0 Å². The Hall–Kier alpha value is -2.31. The highest BCUT2D eigenvalue weighted by Gasteiger charge is 2.42. The molecule has 1 amide bonds. The van der Waals surface area contributed by atoms with Gasteiger partial charge in [0.05, 0.1) is 0 Å². The van der Waals surface area contributed by atoms with Crippen molar-refractivity contribution >= 4 is 28.6 Å². The molecular formula is C24H38N2O3Si2. The number of hydrogen-bond acceptors (Lipinski definition) is 4. The Morgan fingerprint density at radius 1 is 0.968 bits per heavy atom. The highest BCUT2D eigenvalue weighted by molar-refractivity contribution is 6.75. The molecule has 0 unspecified atom stereocenters. The van der Waals surface area contributed by atoms with Gasteiger partial charge in [-0.2, -0.15) is 5.26 Å². The highest BCUT2D eigenvalue weighted by atomic mass is 28.4. The third-order valence-electron chi connectivity index (χ3n) is 6.25. The molecule has 0 heterocycles. The van der Waals surface area contributed by atoms with Crippen molar-refractivity contribution in [2.45, 2.75) is 77.8 Å². The van der Waals surface area contributed by atoms with Crippen LogP contribution in [0.15, 0.2) is 35.9 Å². The second-order valence-electron chi connectivity index (χ2n) is 10.8. The van der Waals surface area contributed by atoms with Gasteiger partial charge in [0.2, 0.25) is 0 Å². The van der Waals surface area contributed by atoms with Gasteiger partial charge in [0.1, 0.15) is 23.1 Å².